The standard InChI is InChI=1S/C15H13ClFN3/c1-8-3-4-13(10(16)5-8)20-14-6-9(2)11(17)7-12(14)19-15(20)18/h3-7H,1-2H3,(H2,18,19). The van der Waals surface area contributed by atoms with Crippen molar-refractivity contribution in [3.8, 4) is 5.69 Å². The van der Waals surface area contributed by atoms with Gasteiger partial charge in [-0.25, -0.2) is 9.37 Å². The average Bonchev–Trinajstić information content (AvgIpc) is 2.66. The van der Waals surface area contributed by atoms with Crippen LogP contribution >= 0.6 is 11.6 Å². The molecule has 2 aromatic carbocycles. The summed E-state index contributed by atoms with van der Waals surface area (Å²) in [5.74, 6) is -0.00657. The largest absolute Gasteiger partial charge is 0.369 e. The number of hydrogen-bond acceptors (Lipinski definition) is 2. The lowest BCUT2D eigenvalue weighted by Crippen LogP contribution is -2.01. The van der Waals surface area contributed by atoms with Crippen LogP contribution in [0.5, 0.6) is 0 Å². The van der Waals surface area contributed by atoms with E-state index in [-0.39, 0.29) is 11.8 Å². The van der Waals surface area contributed by atoms with Crippen molar-refractivity contribution in [1.29, 1.82) is 0 Å². The predicted octanol–water partition coefficient (Wildman–Crippen LogP) is 4.02. The molecule has 2 N–H and O–H groups in total. The number of hydrogen-bond donors (Lipinski definition) is 1. The Morgan fingerprint density at radius 1 is 1.20 bits per heavy atom. The summed E-state index contributed by atoms with van der Waals surface area (Å²) in [5.41, 5.74) is 9.56. The first-order chi connectivity index (χ1) is 9.47. The summed E-state index contributed by atoms with van der Waals surface area (Å²) in [6.45, 7) is 3.67. The smallest absolute Gasteiger partial charge is 0.205 e. The maximum Gasteiger partial charge on any atom is 0.205 e. The van der Waals surface area contributed by atoms with Crippen molar-refractivity contribution in [2.45, 2.75) is 13.8 Å². The second-order valence-corrected chi connectivity index (χ2v) is 5.26. The van der Waals surface area contributed by atoms with Crippen LogP contribution in [0.2, 0.25) is 5.02 Å². The van der Waals surface area contributed by atoms with Gasteiger partial charge in [0.15, 0.2) is 0 Å². The molecule has 0 atom stereocenters. The molecule has 5 heteroatoms. The third kappa shape index (κ3) is 1.93. The maximum absolute atomic E-state index is 13.6. The van der Waals surface area contributed by atoms with Gasteiger partial charge in [0.05, 0.1) is 21.7 Å². The SMILES string of the molecule is Cc1ccc(-n2c(N)nc3cc(F)c(C)cc32)c(Cl)c1. The molecule has 0 aliphatic heterocycles. The number of imidazole rings is 1. The minimum atomic E-state index is -0.294. The van der Waals surface area contributed by atoms with Gasteiger partial charge in [0, 0.05) is 6.07 Å². The van der Waals surface area contributed by atoms with E-state index in [1.165, 1.54) is 6.07 Å². The predicted molar refractivity (Wildman–Crippen MR) is 79.9 cm³/mol. The Kier molecular flexibility index (Phi) is 2.91. The number of aromatic nitrogens is 2. The molecule has 0 radical (unpaired) electrons. The van der Waals surface area contributed by atoms with Crippen LogP contribution in [-0.4, -0.2) is 9.55 Å². The van der Waals surface area contributed by atoms with Crippen molar-refractivity contribution in [1.82, 2.24) is 9.55 Å². The van der Waals surface area contributed by atoms with Crippen LogP contribution in [0.25, 0.3) is 16.7 Å². The van der Waals surface area contributed by atoms with E-state index in [0.29, 0.717) is 16.1 Å². The fourth-order valence-electron chi connectivity index (χ4n) is 2.27. The highest BCUT2D eigenvalue weighted by Gasteiger charge is 2.14. The highest BCUT2D eigenvalue weighted by atomic mass is 35.5. The molecule has 3 aromatic rings. The third-order valence-electron chi connectivity index (χ3n) is 3.30. The van der Waals surface area contributed by atoms with E-state index in [1.807, 2.05) is 25.1 Å². The molecular weight excluding hydrogens is 277 g/mol. The summed E-state index contributed by atoms with van der Waals surface area (Å²) in [6, 6.07) is 8.80. The lowest BCUT2D eigenvalue weighted by Gasteiger charge is -2.10. The van der Waals surface area contributed by atoms with E-state index < -0.39 is 0 Å². The molecular formula is C15H13ClFN3. The molecule has 1 heterocycles. The minimum absolute atomic E-state index is 0.288. The van der Waals surface area contributed by atoms with Gasteiger partial charge in [-0.15, -0.1) is 0 Å². The molecule has 0 bridgehead atoms. The number of nitrogens with zero attached hydrogens (tertiary/aromatic N) is 2. The Balaban J connectivity index is 2.35. The fraction of sp³-hybridized carbons (Fsp3) is 0.133. The topological polar surface area (TPSA) is 43.8 Å². The van der Waals surface area contributed by atoms with Crippen LogP contribution in [-0.2, 0) is 0 Å². The number of anilines is 1. The fourth-order valence-corrected chi connectivity index (χ4v) is 2.59. The highest BCUT2D eigenvalue weighted by Crippen LogP contribution is 2.29. The van der Waals surface area contributed by atoms with Gasteiger partial charge >= 0.3 is 0 Å². The van der Waals surface area contributed by atoms with E-state index in [1.54, 1.807) is 17.6 Å². The molecule has 1 aromatic heterocycles. The van der Waals surface area contributed by atoms with Crippen molar-refractivity contribution in [3.63, 3.8) is 0 Å². The number of fused-ring (bicyclic) bond motifs is 1. The lowest BCUT2D eigenvalue weighted by molar-refractivity contribution is 0.620. The molecule has 0 saturated heterocycles. The zero-order valence-corrected chi connectivity index (χ0v) is 11.9. The van der Waals surface area contributed by atoms with Crippen LogP contribution in [0.4, 0.5) is 10.3 Å². The van der Waals surface area contributed by atoms with Gasteiger partial charge in [-0.1, -0.05) is 17.7 Å². The van der Waals surface area contributed by atoms with Gasteiger partial charge in [-0.3, -0.25) is 4.57 Å². The quantitative estimate of drug-likeness (QED) is 0.735. The summed E-state index contributed by atoms with van der Waals surface area (Å²) in [6.07, 6.45) is 0. The number of nitrogen functional groups attached to an aromatic ring is 1. The molecule has 0 aliphatic carbocycles. The monoisotopic (exact) mass is 289 g/mol. The Labute approximate surface area is 120 Å². The van der Waals surface area contributed by atoms with Gasteiger partial charge in [-0.2, -0.15) is 0 Å². The number of halogens is 2. The molecule has 3 rings (SSSR count). The number of aryl methyl sites for hydroxylation is 2. The van der Waals surface area contributed by atoms with Crippen LogP contribution < -0.4 is 5.73 Å². The summed E-state index contributed by atoms with van der Waals surface area (Å²) >= 11 is 6.29. The number of nitrogens with two attached hydrogens (primary N) is 1. The Hall–Kier alpha value is -2.07. The molecule has 0 aliphatic rings. The van der Waals surface area contributed by atoms with Crippen LogP contribution in [0, 0.1) is 19.7 Å². The second-order valence-electron chi connectivity index (χ2n) is 4.85. The van der Waals surface area contributed by atoms with Crippen molar-refractivity contribution >= 4 is 28.6 Å². The van der Waals surface area contributed by atoms with Gasteiger partial charge < -0.3 is 5.73 Å². The van der Waals surface area contributed by atoms with Crippen LogP contribution in [0.1, 0.15) is 11.1 Å². The van der Waals surface area contributed by atoms with Crippen molar-refractivity contribution < 1.29 is 4.39 Å². The third-order valence-corrected chi connectivity index (χ3v) is 3.61. The molecule has 102 valence electrons. The minimum Gasteiger partial charge on any atom is -0.369 e. The molecule has 20 heavy (non-hydrogen) atoms. The van der Waals surface area contributed by atoms with Gasteiger partial charge in [0.2, 0.25) is 5.95 Å². The van der Waals surface area contributed by atoms with E-state index in [0.717, 1.165) is 16.8 Å². The van der Waals surface area contributed by atoms with Gasteiger partial charge in [-0.05, 0) is 43.2 Å². The first kappa shape index (κ1) is 12.9. The summed E-state index contributed by atoms with van der Waals surface area (Å²) in [4.78, 5) is 4.20. The van der Waals surface area contributed by atoms with Crippen molar-refractivity contribution in [2.75, 3.05) is 5.73 Å². The normalized spacial score (nSPS) is 11.2. The highest BCUT2D eigenvalue weighted by molar-refractivity contribution is 6.32. The number of rotatable bonds is 1. The summed E-state index contributed by atoms with van der Waals surface area (Å²) < 4.78 is 15.3. The van der Waals surface area contributed by atoms with Gasteiger partial charge in [0.25, 0.3) is 0 Å². The first-order valence-corrected chi connectivity index (χ1v) is 6.56. The zero-order valence-electron chi connectivity index (χ0n) is 11.1. The van der Waals surface area contributed by atoms with E-state index in [2.05, 4.69) is 4.98 Å². The molecule has 3 nitrogen and oxygen atoms in total. The number of benzene rings is 2. The maximum atomic E-state index is 13.6. The second kappa shape index (κ2) is 4.49. The lowest BCUT2D eigenvalue weighted by atomic mass is 10.2. The van der Waals surface area contributed by atoms with E-state index in [9.17, 15) is 4.39 Å². The Morgan fingerprint density at radius 2 is 1.95 bits per heavy atom. The van der Waals surface area contributed by atoms with Crippen molar-refractivity contribution in [3.05, 3.63) is 52.3 Å². The summed E-state index contributed by atoms with van der Waals surface area (Å²) in [7, 11) is 0. The zero-order chi connectivity index (χ0) is 14.4. The summed E-state index contributed by atoms with van der Waals surface area (Å²) in [5, 5.41) is 0.581. The molecule has 0 fully saturated rings. The van der Waals surface area contributed by atoms with Crippen molar-refractivity contribution in [2.24, 2.45) is 0 Å². The molecule has 0 saturated carbocycles. The molecule has 0 unspecified atom stereocenters. The van der Waals surface area contributed by atoms with Gasteiger partial charge in [0.1, 0.15) is 5.82 Å². The van der Waals surface area contributed by atoms with Crippen LogP contribution in [0.15, 0.2) is 30.3 Å². The Morgan fingerprint density at radius 3 is 2.65 bits per heavy atom. The van der Waals surface area contributed by atoms with E-state index in [4.69, 9.17) is 17.3 Å². The average molecular weight is 290 g/mol. The first-order valence-electron chi connectivity index (χ1n) is 6.18. The Bertz CT molecular complexity index is 824. The van der Waals surface area contributed by atoms with E-state index >= 15 is 0 Å². The molecule has 0 spiro atoms. The van der Waals surface area contributed by atoms with Crippen LogP contribution in [0.3, 0.4) is 0 Å². The molecule has 0 amide bonds.